The van der Waals surface area contributed by atoms with Crippen LogP contribution in [0.5, 0.6) is 11.5 Å². The molecule has 0 saturated carbocycles. The molecule has 196 valence electrons. The lowest BCUT2D eigenvalue weighted by Crippen LogP contribution is -2.40. The molecule has 0 spiro atoms. The lowest BCUT2D eigenvalue weighted by molar-refractivity contribution is 0.109. The topological polar surface area (TPSA) is 57.9 Å². The highest BCUT2D eigenvalue weighted by atomic mass is 16.5. The second-order valence-electron chi connectivity index (χ2n) is 10.2. The van der Waals surface area contributed by atoms with Crippen LogP contribution < -0.4 is 15.2 Å². The molecule has 2 heterocycles. The zero-order chi connectivity index (χ0) is 25.7. The molecule has 0 N–H and O–H groups in total. The first-order chi connectivity index (χ1) is 17.4. The Morgan fingerprint density at radius 3 is 2.39 bits per heavy atom. The van der Waals surface area contributed by atoms with E-state index < -0.39 is 0 Å². The van der Waals surface area contributed by atoms with E-state index in [1.807, 2.05) is 45.5 Å². The van der Waals surface area contributed by atoms with Gasteiger partial charge in [-0.25, -0.2) is 4.79 Å². The first-order valence-electron chi connectivity index (χ1n) is 13.1. The van der Waals surface area contributed by atoms with Crippen LogP contribution in [0.1, 0.15) is 44.7 Å². The van der Waals surface area contributed by atoms with Crippen molar-refractivity contribution in [1.29, 1.82) is 0 Å². The van der Waals surface area contributed by atoms with E-state index in [1.165, 1.54) is 0 Å². The van der Waals surface area contributed by atoms with Crippen LogP contribution in [-0.2, 0) is 11.3 Å². The highest BCUT2D eigenvalue weighted by Crippen LogP contribution is 2.29. The van der Waals surface area contributed by atoms with Gasteiger partial charge in [0.05, 0.1) is 31.3 Å². The first kappa shape index (κ1) is 26.3. The molecule has 36 heavy (non-hydrogen) atoms. The van der Waals surface area contributed by atoms with Crippen LogP contribution >= 0.6 is 0 Å². The Morgan fingerprint density at radius 1 is 1.00 bits per heavy atom. The average Bonchev–Trinajstić information content (AvgIpc) is 3.17. The average molecular weight is 496 g/mol. The van der Waals surface area contributed by atoms with E-state index in [0.717, 1.165) is 67.0 Å². The zero-order valence-electron chi connectivity index (χ0n) is 22.4. The van der Waals surface area contributed by atoms with Crippen LogP contribution in [0.4, 0.5) is 0 Å². The molecule has 1 saturated heterocycles. The number of para-hydroxylation sites is 2. The molecule has 7 nitrogen and oxygen atoms in total. The fraction of sp³-hybridized carbons (Fsp3) is 0.552. The van der Waals surface area contributed by atoms with Crippen molar-refractivity contribution in [3.05, 3.63) is 58.5 Å². The summed E-state index contributed by atoms with van der Waals surface area (Å²) in [7, 11) is 3.36. The van der Waals surface area contributed by atoms with Crippen molar-refractivity contribution in [1.82, 2.24) is 14.0 Å². The van der Waals surface area contributed by atoms with Crippen LogP contribution in [0, 0.1) is 12.8 Å². The third-order valence-electron chi connectivity index (χ3n) is 7.46. The highest BCUT2D eigenvalue weighted by Gasteiger charge is 2.26. The summed E-state index contributed by atoms with van der Waals surface area (Å²) in [6, 6.07) is 14.3. The highest BCUT2D eigenvalue weighted by molar-refractivity contribution is 5.76. The maximum atomic E-state index is 13.3. The number of piperidine rings is 1. The summed E-state index contributed by atoms with van der Waals surface area (Å²) in [6.45, 7) is 10.6. The number of hydrogen-bond acceptors (Lipinski definition) is 5. The summed E-state index contributed by atoms with van der Waals surface area (Å²) in [4.78, 5) is 15.9. The molecule has 4 rings (SSSR count). The molecule has 0 amide bonds. The number of methoxy groups -OCH3 is 2. The molecule has 1 atom stereocenters. The molecule has 0 unspecified atom stereocenters. The number of imidazole rings is 1. The van der Waals surface area contributed by atoms with Crippen molar-refractivity contribution in [2.45, 2.75) is 58.7 Å². The summed E-state index contributed by atoms with van der Waals surface area (Å²) in [5.41, 5.74) is 3.22. The van der Waals surface area contributed by atoms with Gasteiger partial charge in [-0.3, -0.25) is 9.13 Å². The number of fused-ring (bicyclic) bond motifs is 1. The number of nitrogens with zero attached hydrogens (tertiary/aromatic N) is 3. The second-order valence-corrected chi connectivity index (χ2v) is 10.2. The second kappa shape index (κ2) is 12.0. The van der Waals surface area contributed by atoms with E-state index in [2.05, 4.69) is 31.7 Å². The molecule has 1 fully saturated rings. The molecule has 1 aromatic heterocycles. The number of rotatable bonds is 11. The van der Waals surface area contributed by atoms with Gasteiger partial charge in [-0.05, 0) is 55.9 Å². The summed E-state index contributed by atoms with van der Waals surface area (Å²) < 4.78 is 21.0. The van der Waals surface area contributed by atoms with Gasteiger partial charge in [0.1, 0.15) is 17.6 Å². The maximum absolute atomic E-state index is 13.3. The maximum Gasteiger partial charge on any atom is 0.329 e. The van der Waals surface area contributed by atoms with Crippen molar-refractivity contribution in [3.8, 4) is 11.5 Å². The molecule has 3 aromatic rings. The van der Waals surface area contributed by atoms with E-state index in [0.29, 0.717) is 19.1 Å². The van der Waals surface area contributed by atoms with Gasteiger partial charge in [0.25, 0.3) is 0 Å². The summed E-state index contributed by atoms with van der Waals surface area (Å²) in [5, 5.41) is 0. The zero-order valence-corrected chi connectivity index (χ0v) is 22.4. The third-order valence-corrected chi connectivity index (χ3v) is 7.46. The minimum Gasteiger partial charge on any atom is -0.497 e. The molecule has 0 radical (unpaired) electrons. The lowest BCUT2D eigenvalue weighted by atomic mass is 10.0. The van der Waals surface area contributed by atoms with Gasteiger partial charge in [0.2, 0.25) is 0 Å². The SMILES string of the molecule is COCCn1c(=O)n(C2CCN(CC[C@@H](Oc3cc(OC)ccc3C)C(C)C)CC2)c2ccccc21. The number of aromatic nitrogens is 2. The third kappa shape index (κ3) is 5.79. The Labute approximate surface area is 214 Å². The number of likely N-dealkylation sites (tertiary alicyclic amines) is 1. The Kier molecular flexibility index (Phi) is 8.75. The predicted octanol–water partition coefficient (Wildman–Crippen LogP) is 4.90. The van der Waals surface area contributed by atoms with Gasteiger partial charge < -0.3 is 19.1 Å². The Balaban J connectivity index is 1.39. The van der Waals surface area contributed by atoms with Gasteiger partial charge in [-0.15, -0.1) is 0 Å². The van der Waals surface area contributed by atoms with E-state index >= 15 is 0 Å². The quantitative estimate of drug-likeness (QED) is 0.379. The van der Waals surface area contributed by atoms with E-state index in [4.69, 9.17) is 14.2 Å². The Morgan fingerprint density at radius 2 is 1.72 bits per heavy atom. The van der Waals surface area contributed by atoms with Crippen LogP contribution in [0.25, 0.3) is 11.0 Å². The number of hydrogen-bond donors (Lipinski definition) is 0. The van der Waals surface area contributed by atoms with Crippen LogP contribution in [-0.4, -0.2) is 60.6 Å². The fourth-order valence-electron chi connectivity index (χ4n) is 5.22. The van der Waals surface area contributed by atoms with E-state index in [-0.39, 0.29) is 17.8 Å². The van der Waals surface area contributed by atoms with Gasteiger partial charge in [-0.1, -0.05) is 32.0 Å². The largest absolute Gasteiger partial charge is 0.497 e. The van der Waals surface area contributed by atoms with Crippen LogP contribution in [0.2, 0.25) is 0 Å². The standard InChI is InChI=1S/C29H41N3O4/c1-21(2)27(36-28-20-24(35-5)11-10-22(28)3)14-17-30-15-12-23(13-16-30)32-26-9-7-6-8-25(26)31(29(32)33)18-19-34-4/h6-11,20-21,23,27H,12-19H2,1-5H3/t27-/m1/s1. The van der Waals surface area contributed by atoms with Gasteiger partial charge >= 0.3 is 5.69 Å². The van der Waals surface area contributed by atoms with Crippen molar-refractivity contribution < 1.29 is 14.2 Å². The van der Waals surface area contributed by atoms with Crippen LogP contribution in [0.15, 0.2) is 47.3 Å². The van der Waals surface area contributed by atoms with Gasteiger partial charge in [0, 0.05) is 38.9 Å². The summed E-state index contributed by atoms with van der Waals surface area (Å²) in [5.74, 6) is 2.12. The smallest absolute Gasteiger partial charge is 0.329 e. The molecule has 1 aliphatic heterocycles. The molecule has 1 aliphatic rings. The summed E-state index contributed by atoms with van der Waals surface area (Å²) >= 11 is 0. The normalized spacial score (nSPS) is 16.1. The van der Waals surface area contributed by atoms with Gasteiger partial charge in [-0.2, -0.15) is 0 Å². The minimum absolute atomic E-state index is 0.0774. The van der Waals surface area contributed by atoms with Crippen molar-refractivity contribution in [2.24, 2.45) is 5.92 Å². The number of benzene rings is 2. The lowest BCUT2D eigenvalue weighted by Gasteiger charge is -2.34. The fourth-order valence-corrected chi connectivity index (χ4v) is 5.22. The van der Waals surface area contributed by atoms with Crippen molar-refractivity contribution in [2.75, 3.05) is 40.5 Å². The molecule has 2 aromatic carbocycles. The Bertz CT molecular complexity index is 1190. The molecular formula is C29H41N3O4. The molecule has 7 heteroatoms. The first-order valence-corrected chi connectivity index (χ1v) is 13.1. The molecule has 0 bridgehead atoms. The summed E-state index contributed by atoms with van der Waals surface area (Å²) in [6.07, 6.45) is 3.05. The van der Waals surface area contributed by atoms with E-state index in [1.54, 1.807) is 14.2 Å². The van der Waals surface area contributed by atoms with Crippen LogP contribution in [0.3, 0.4) is 0 Å². The van der Waals surface area contributed by atoms with Crippen molar-refractivity contribution >= 4 is 11.0 Å². The Hall–Kier alpha value is -2.77. The molecule has 0 aliphatic carbocycles. The molecular weight excluding hydrogens is 454 g/mol. The van der Waals surface area contributed by atoms with Gasteiger partial charge in [0.15, 0.2) is 0 Å². The van der Waals surface area contributed by atoms with Crippen molar-refractivity contribution in [3.63, 3.8) is 0 Å². The monoisotopic (exact) mass is 495 g/mol. The predicted molar refractivity (Wildman–Crippen MR) is 144 cm³/mol. The number of aryl methyl sites for hydroxylation is 1. The minimum atomic E-state index is 0.0774. The number of ether oxygens (including phenoxy) is 3. The van der Waals surface area contributed by atoms with E-state index in [9.17, 15) is 4.79 Å².